The smallest absolute Gasteiger partial charge is 0.264 e. The predicted octanol–water partition coefficient (Wildman–Crippen LogP) is 5.34. The molecule has 0 radical (unpaired) electrons. The lowest BCUT2D eigenvalue weighted by atomic mass is 10.0. The normalized spacial score (nSPS) is 15.4. The van der Waals surface area contributed by atoms with Gasteiger partial charge in [0.25, 0.3) is 5.56 Å². The van der Waals surface area contributed by atoms with Crippen molar-refractivity contribution in [2.45, 2.75) is 56.0 Å². The minimum atomic E-state index is -0.0579. The number of aromatic nitrogens is 2. The molecule has 1 saturated carbocycles. The summed E-state index contributed by atoms with van der Waals surface area (Å²) in [5, 5.41) is 2.35. The average Bonchev–Trinajstić information content (AvgIpc) is 3.30. The lowest BCUT2D eigenvalue weighted by Crippen LogP contribution is -2.42. The number of thioether (sulfide) groups is 1. The van der Waals surface area contributed by atoms with Crippen LogP contribution in [0.3, 0.4) is 0 Å². The Bertz CT molecular complexity index is 1540. The number of nitrogens with zero attached hydrogens (tertiary/aromatic N) is 4. The number of carbonyl (C=O) groups is 1. The maximum atomic E-state index is 13.8. The minimum Gasteiger partial charge on any atom is -0.459 e. The monoisotopic (exact) mass is 528 g/mol. The number of fused-ring (bicyclic) bond motifs is 2. The van der Waals surface area contributed by atoms with E-state index in [1.54, 1.807) is 16.3 Å². The molecule has 4 aromatic rings. The second-order valence-corrected chi connectivity index (χ2v) is 11.5. The number of hydrogen-bond donors (Lipinski definition) is 0. The van der Waals surface area contributed by atoms with Gasteiger partial charge in [0.15, 0.2) is 10.7 Å². The molecule has 8 heteroatoms. The van der Waals surface area contributed by atoms with E-state index in [4.69, 9.17) is 9.40 Å². The van der Waals surface area contributed by atoms with Crippen LogP contribution in [0, 0.1) is 6.92 Å². The van der Waals surface area contributed by atoms with Crippen LogP contribution in [0.2, 0.25) is 0 Å². The van der Waals surface area contributed by atoms with Crippen LogP contribution in [0.25, 0.3) is 16.7 Å². The fraction of sp³-hybridized carbons (Fsp3) is 0.367. The summed E-state index contributed by atoms with van der Waals surface area (Å²) in [6, 6.07) is 17.8. The van der Waals surface area contributed by atoms with Gasteiger partial charge < -0.3 is 14.2 Å². The van der Waals surface area contributed by atoms with E-state index in [0.29, 0.717) is 43.3 Å². The molecule has 1 amide bonds. The number of amides is 1. The number of benzene rings is 2. The molecule has 0 saturated heterocycles. The summed E-state index contributed by atoms with van der Waals surface area (Å²) in [5.74, 6) is 0.914. The Morgan fingerprint density at radius 3 is 2.74 bits per heavy atom. The standard InChI is InChI=1S/C30H32N4O3S/c1-20-18-21-8-6-13-26(28(21)37-20)32(2)16-15-27(35)33-17-14-25-24(19-33)29(36)34(22-9-4-3-5-10-22)30(31-25)38-23-11-7-12-23/h3-6,8-10,13,18,23H,7,11-12,14-17,19H2,1-2H3. The van der Waals surface area contributed by atoms with Gasteiger partial charge >= 0.3 is 0 Å². The summed E-state index contributed by atoms with van der Waals surface area (Å²) < 4.78 is 7.65. The van der Waals surface area contributed by atoms with Gasteiger partial charge in [-0.15, -0.1) is 0 Å². The molecular weight excluding hydrogens is 496 g/mol. The number of hydrogen-bond acceptors (Lipinski definition) is 6. The second kappa shape index (κ2) is 10.3. The Labute approximate surface area is 226 Å². The highest BCUT2D eigenvalue weighted by Crippen LogP contribution is 2.36. The van der Waals surface area contributed by atoms with E-state index < -0.39 is 0 Å². The van der Waals surface area contributed by atoms with Crippen molar-refractivity contribution in [3.05, 3.63) is 82.0 Å². The van der Waals surface area contributed by atoms with Crippen molar-refractivity contribution in [3.8, 4) is 5.69 Å². The molecular formula is C30H32N4O3S. The van der Waals surface area contributed by atoms with Crippen LogP contribution in [-0.2, 0) is 17.8 Å². The summed E-state index contributed by atoms with van der Waals surface area (Å²) in [7, 11) is 1.98. The van der Waals surface area contributed by atoms with E-state index in [2.05, 4.69) is 4.90 Å². The van der Waals surface area contributed by atoms with E-state index in [-0.39, 0.29) is 11.5 Å². The van der Waals surface area contributed by atoms with Crippen molar-refractivity contribution in [1.82, 2.24) is 14.5 Å². The highest BCUT2D eigenvalue weighted by atomic mass is 32.2. The predicted molar refractivity (Wildman–Crippen MR) is 151 cm³/mol. The maximum Gasteiger partial charge on any atom is 0.264 e. The number of carbonyl (C=O) groups excluding carboxylic acids is 1. The molecule has 0 N–H and O–H groups in total. The summed E-state index contributed by atoms with van der Waals surface area (Å²) in [4.78, 5) is 36.0. The largest absolute Gasteiger partial charge is 0.459 e. The van der Waals surface area contributed by atoms with Crippen molar-refractivity contribution >= 4 is 34.3 Å². The highest BCUT2D eigenvalue weighted by molar-refractivity contribution is 7.99. The van der Waals surface area contributed by atoms with Gasteiger partial charge in [-0.25, -0.2) is 4.98 Å². The number of aryl methyl sites for hydroxylation is 1. The van der Waals surface area contributed by atoms with Crippen molar-refractivity contribution < 1.29 is 9.21 Å². The molecule has 1 aliphatic carbocycles. The first kappa shape index (κ1) is 24.8. The fourth-order valence-corrected chi connectivity index (χ4v) is 6.53. The zero-order chi connectivity index (χ0) is 26.2. The van der Waals surface area contributed by atoms with Crippen molar-refractivity contribution in [2.24, 2.45) is 0 Å². The van der Waals surface area contributed by atoms with Gasteiger partial charge in [0.1, 0.15) is 5.76 Å². The third kappa shape index (κ3) is 4.73. The molecule has 2 aliphatic rings. The Hall–Kier alpha value is -3.52. The number of anilines is 1. The summed E-state index contributed by atoms with van der Waals surface area (Å²) >= 11 is 1.72. The van der Waals surface area contributed by atoms with Crippen LogP contribution >= 0.6 is 11.8 Å². The van der Waals surface area contributed by atoms with Crippen LogP contribution in [0.1, 0.15) is 42.7 Å². The van der Waals surface area contributed by atoms with Gasteiger partial charge in [0.2, 0.25) is 5.91 Å². The van der Waals surface area contributed by atoms with Gasteiger partial charge in [0, 0.05) is 43.6 Å². The van der Waals surface area contributed by atoms with Crippen molar-refractivity contribution in [3.63, 3.8) is 0 Å². The molecule has 1 fully saturated rings. The molecule has 3 heterocycles. The SMILES string of the molecule is Cc1cc2cccc(N(C)CCC(=O)N3CCc4nc(SC5CCC5)n(-c5ccccc5)c(=O)c4C3)c2o1. The van der Waals surface area contributed by atoms with Gasteiger partial charge in [-0.3, -0.25) is 14.2 Å². The Morgan fingerprint density at radius 1 is 1.16 bits per heavy atom. The first-order valence-corrected chi connectivity index (χ1v) is 14.2. The van der Waals surface area contributed by atoms with Crippen molar-refractivity contribution in [1.29, 1.82) is 0 Å². The third-order valence-corrected chi connectivity index (χ3v) is 8.90. The molecule has 38 heavy (non-hydrogen) atoms. The maximum absolute atomic E-state index is 13.8. The number of para-hydroxylation sites is 2. The molecule has 0 spiro atoms. The molecule has 0 bridgehead atoms. The molecule has 0 unspecified atom stereocenters. The van der Waals surface area contributed by atoms with Crippen LogP contribution in [0.4, 0.5) is 5.69 Å². The van der Waals surface area contributed by atoms with E-state index in [1.165, 1.54) is 6.42 Å². The molecule has 2 aromatic heterocycles. The van der Waals surface area contributed by atoms with Crippen LogP contribution in [0.5, 0.6) is 0 Å². The minimum absolute atomic E-state index is 0.0453. The number of furan rings is 1. The molecule has 7 nitrogen and oxygen atoms in total. The van der Waals surface area contributed by atoms with E-state index >= 15 is 0 Å². The first-order valence-electron chi connectivity index (χ1n) is 13.3. The van der Waals surface area contributed by atoms with Gasteiger partial charge in [-0.05, 0) is 44.0 Å². The average molecular weight is 529 g/mol. The summed E-state index contributed by atoms with van der Waals surface area (Å²) in [6.07, 6.45) is 4.53. The quantitative estimate of drug-likeness (QED) is 0.302. The third-order valence-electron chi connectivity index (χ3n) is 7.61. The Kier molecular flexibility index (Phi) is 6.74. The zero-order valence-corrected chi connectivity index (χ0v) is 22.7. The summed E-state index contributed by atoms with van der Waals surface area (Å²) in [5.41, 5.74) is 4.05. The van der Waals surface area contributed by atoms with E-state index in [9.17, 15) is 9.59 Å². The van der Waals surface area contributed by atoms with Crippen LogP contribution in [0.15, 0.2) is 69.0 Å². The molecule has 6 rings (SSSR count). The van der Waals surface area contributed by atoms with E-state index in [1.807, 2.05) is 73.5 Å². The zero-order valence-electron chi connectivity index (χ0n) is 21.9. The molecule has 2 aromatic carbocycles. The Balaban J connectivity index is 1.21. The van der Waals surface area contributed by atoms with Gasteiger partial charge in [-0.1, -0.05) is 48.5 Å². The lowest BCUT2D eigenvalue weighted by molar-refractivity contribution is -0.131. The van der Waals surface area contributed by atoms with E-state index in [0.717, 1.165) is 51.8 Å². The van der Waals surface area contributed by atoms with Crippen molar-refractivity contribution in [2.75, 3.05) is 25.0 Å². The molecule has 0 atom stereocenters. The highest BCUT2D eigenvalue weighted by Gasteiger charge is 2.29. The fourth-order valence-electron chi connectivity index (χ4n) is 5.21. The van der Waals surface area contributed by atoms with Gasteiger partial charge in [-0.2, -0.15) is 0 Å². The second-order valence-electron chi connectivity index (χ2n) is 10.3. The Morgan fingerprint density at radius 2 is 1.97 bits per heavy atom. The topological polar surface area (TPSA) is 71.6 Å². The summed E-state index contributed by atoms with van der Waals surface area (Å²) in [6.45, 7) is 3.39. The van der Waals surface area contributed by atoms with Crippen LogP contribution in [-0.4, -0.2) is 45.7 Å². The molecule has 196 valence electrons. The van der Waals surface area contributed by atoms with Gasteiger partial charge in [0.05, 0.1) is 29.2 Å². The van der Waals surface area contributed by atoms with Crippen LogP contribution < -0.4 is 10.5 Å². The first-order chi connectivity index (χ1) is 18.5. The lowest BCUT2D eigenvalue weighted by Gasteiger charge is -2.31. The molecule has 1 aliphatic heterocycles. The number of rotatable bonds is 7.